The van der Waals surface area contributed by atoms with E-state index in [9.17, 15) is 19.5 Å². The molecule has 0 bridgehead atoms. The summed E-state index contributed by atoms with van der Waals surface area (Å²) in [6.07, 6.45) is 18.5. The first-order chi connectivity index (χ1) is 14.0. The number of esters is 1. The standard InChI is InChI=1S/C24H36O5/c1-3-4-10-20(17-25)11-9-12-21-15-16-24(28)23(21)14-8-6-5-7-13-22(27)18-29-19(2)26/h6,8-9,12,15-16,20-21,23,25H,3-5,7,10-11,13-14,17-18H2,1-2H3/t20?,21-,23+/m0/s1. The van der Waals surface area contributed by atoms with Crippen molar-refractivity contribution >= 4 is 17.5 Å². The molecule has 162 valence electrons. The molecular weight excluding hydrogens is 368 g/mol. The molecule has 0 saturated carbocycles. The lowest BCUT2D eigenvalue weighted by atomic mass is 9.90. The normalized spacial score (nSPS) is 20.0. The minimum atomic E-state index is -0.440. The van der Waals surface area contributed by atoms with Crippen LogP contribution in [0.1, 0.15) is 65.2 Å². The number of rotatable bonds is 15. The van der Waals surface area contributed by atoms with Gasteiger partial charge in [0.25, 0.3) is 0 Å². The summed E-state index contributed by atoms with van der Waals surface area (Å²) >= 11 is 0. The second-order valence-electron chi connectivity index (χ2n) is 7.72. The van der Waals surface area contributed by atoms with Gasteiger partial charge < -0.3 is 9.84 Å². The number of hydrogen-bond acceptors (Lipinski definition) is 5. The molecule has 0 aromatic heterocycles. The number of unbranched alkanes of at least 4 members (excludes halogenated alkanes) is 2. The topological polar surface area (TPSA) is 80.7 Å². The Morgan fingerprint density at radius 3 is 2.72 bits per heavy atom. The first-order valence-electron chi connectivity index (χ1n) is 10.8. The third kappa shape index (κ3) is 10.9. The number of hydrogen-bond donors (Lipinski definition) is 1. The van der Waals surface area contributed by atoms with Gasteiger partial charge in [0.2, 0.25) is 0 Å². The van der Waals surface area contributed by atoms with Crippen molar-refractivity contribution in [2.75, 3.05) is 13.2 Å². The maximum atomic E-state index is 12.1. The van der Waals surface area contributed by atoms with Crippen molar-refractivity contribution in [2.24, 2.45) is 17.8 Å². The van der Waals surface area contributed by atoms with E-state index in [0.717, 1.165) is 32.1 Å². The van der Waals surface area contributed by atoms with Gasteiger partial charge in [-0.25, -0.2) is 0 Å². The Morgan fingerprint density at radius 2 is 2.03 bits per heavy atom. The highest BCUT2D eigenvalue weighted by Gasteiger charge is 2.26. The fraction of sp³-hybridized carbons (Fsp3) is 0.625. The molecule has 3 atom stereocenters. The van der Waals surface area contributed by atoms with Gasteiger partial charge >= 0.3 is 5.97 Å². The lowest BCUT2D eigenvalue weighted by molar-refractivity contribution is -0.145. The van der Waals surface area contributed by atoms with Crippen LogP contribution in [0.3, 0.4) is 0 Å². The van der Waals surface area contributed by atoms with Crippen molar-refractivity contribution in [2.45, 2.75) is 65.2 Å². The molecule has 1 unspecified atom stereocenters. The number of ether oxygens (including phenoxy) is 1. The zero-order valence-electron chi connectivity index (χ0n) is 17.8. The summed E-state index contributed by atoms with van der Waals surface area (Å²) in [7, 11) is 0. The molecule has 0 radical (unpaired) electrons. The molecule has 0 spiro atoms. The average molecular weight is 405 g/mol. The van der Waals surface area contributed by atoms with Gasteiger partial charge in [0.15, 0.2) is 11.6 Å². The van der Waals surface area contributed by atoms with Crippen LogP contribution in [-0.2, 0) is 19.1 Å². The second kappa shape index (κ2) is 14.9. The Balaban J connectivity index is 2.33. The van der Waals surface area contributed by atoms with Crippen LogP contribution in [-0.4, -0.2) is 35.9 Å². The number of aliphatic hydroxyl groups is 1. The summed E-state index contributed by atoms with van der Waals surface area (Å²) in [6.45, 7) is 3.50. The highest BCUT2D eigenvalue weighted by atomic mass is 16.5. The van der Waals surface area contributed by atoms with Crippen LogP contribution in [0.15, 0.2) is 36.5 Å². The zero-order chi connectivity index (χ0) is 21.5. The molecule has 5 nitrogen and oxygen atoms in total. The van der Waals surface area contributed by atoms with Crippen molar-refractivity contribution in [3.05, 3.63) is 36.5 Å². The predicted octanol–water partition coefficient (Wildman–Crippen LogP) is 4.35. The Morgan fingerprint density at radius 1 is 1.24 bits per heavy atom. The van der Waals surface area contributed by atoms with E-state index in [-0.39, 0.29) is 36.6 Å². The van der Waals surface area contributed by atoms with Crippen molar-refractivity contribution in [3.8, 4) is 0 Å². The lowest BCUT2D eigenvalue weighted by Gasteiger charge is -2.14. The summed E-state index contributed by atoms with van der Waals surface area (Å²) in [6, 6.07) is 0. The van der Waals surface area contributed by atoms with E-state index >= 15 is 0 Å². The Labute approximate surface area is 174 Å². The van der Waals surface area contributed by atoms with Crippen LogP contribution >= 0.6 is 0 Å². The molecule has 29 heavy (non-hydrogen) atoms. The number of Topliss-reactive ketones (excluding diaryl/α,β-unsaturated/α-hetero) is 1. The highest BCUT2D eigenvalue weighted by molar-refractivity contribution is 5.95. The second-order valence-corrected chi connectivity index (χ2v) is 7.72. The Kier molecular flexibility index (Phi) is 12.9. The maximum absolute atomic E-state index is 12.1. The quantitative estimate of drug-likeness (QED) is 0.249. The van der Waals surface area contributed by atoms with Crippen LogP contribution in [0.25, 0.3) is 0 Å². The molecule has 1 rings (SSSR count). The van der Waals surface area contributed by atoms with E-state index in [1.807, 2.05) is 18.2 Å². The molecule has 1 aliphatic carbocycles. The smallest absolute Gasteiger partial charge is 0.303 e. The molecular formula is C24H36O5. The van der Waals surface area contributed by atoms with Gasteiger partial charge in [-0.3, -0.25) is 14.4 Å². The molecule has 0 aromatic carbocycles. The van der Waals surface area contributed by atoms with E-state index in [4.69, 9.17) is 0 Å². The molecule has 1 N–H and O–H groups in total. The van der Waals surface area contributed by atoms with Crippen molar-refractivity contribution in [1.82, 2.24) is 0 Å². The van der Waals surface area contributed by atoms with Gasteiger partial charge in [-0.15, -0.1) is 0 Å². The summed E-state index contributed by atoms with van der Waals surface area (Å²) in [5.41, 5.74) is 0. The first kappa shape index (κ1) is 25.0. The number of carbonyl (C=O) groups is 3. The van der Waals surface area contributed by atoms with Gasteiger partial charge in [0.05, 0.1) is 0 Å². The average Bonchev–Trinajstić information content (AvgIpc) is 3.05. The van der Waals surface area contributed by atoms with E-state index in [0.29, 0.717) is 25.2 Å². The number of carbonyl (C=O) groups excluding carboxylic acids is 3. The molecule has 0 fully saturated rings. The molecule has 0 saturated heterocycles. The highest BCUT2D eigenvalue weighted by Crippen LogP contribution is 2.28. The van der Waals surface area contributed by atoms with Gasteiger partial charge in [0.1, 0.15) is 6.61 Å². The van der Waals surface area contributed by atoms with Crippen LogP contribution in [0.4, 0.5) is 0 Å². The zero-order valence-corrected chi connectivity index (χ0v) is 17.8. The molecule has 0 heterocycles. The van der Waals surface area contributed by atoms with Crippen LogP contribution in [0.5, 0.6) is 0 Å². The van der Waals surface area contributed by atoms with E-state index in [1.54, 1.807) is 6.08 Å². The first-order valence-corrected chi connectivity index (χ1v) is 10.8. The third-order valence-corrected chi connectivity index (χ3v) is 5.18. The summed E-state index contributed by atoms with van der Waals surface area (Å²) < 4.78 is 4.67. The monoisotopic (exact) mass is 404 g/mol. The van der Waals surface area contributed by atoms with E-state index in [2.05, 4.69) is 23.8 Å². The van der Waals surface area contributed by atoms with E-state index in [1.165, 1.54) is 6.92 Å². The SMILES string of the molecule is CCCCC(CO)CC=C[C@H]1C=CC(=O)[C@@H]1CC=CCCCC(=O)COC(C)=O. The largest absolute Gasteiger partial charge is 0.458 e. The van der Waals surface area contributed by atoms with Crippen LogP contribution in [0, 0.1) is 17.8 Å². The number of aliphatic hydroxyl groups excluding tert-OH is 1. The minimum Gasteiger partial charge on any atom is -0.458 e. The van der Waals surface area contributed by atoms with Crippen molar-refractivity contribution < 1.29 is 24.2 Å². The lowest BCUT2D eigenvalue weighted by Crippen LogP contribution is -2.13. The van der Waals surface area contributed by atoms with Gasteiger partial charge in [-0.1, -0.05) is 50.1 Å². The molecule has 0 aromatic rings. The number of ketones is 2. The summed E-state index contributed by atoms with van der Waals surface area (Å²) in [4.78, 5) is 34.3. The van der Waals surface area contributed by atoms with E-state index < -0.39 is 5.97 Å². The Bertz CT molecular complexity index is 602. The Hall–Kier alpha value is -2.01. The van der Waals surface area contributed by atoms with Crippen LogP contribution in [0.2, 0.25) is 0 Å². The fourth-order valence-electron chi connectivity index (χ4n) is 3.36. The minimum absolute atomic E-state index is 0.0590. The molecule has 0 aliphatic heterocycles. The van der Waals surface area contributed by atoms with Gasteiger partial charge in [-0.05, 0) is 44.1 Å². The molecule has 1 aliphatic rings. The summed E-state index contributed by atoms with van der Waals surface area (Å²) in [5, 5.41) is 9.46. The molecule has 5 heteroatoms. The molecule has 0 amide bonds. The van der Waals surface area contributed by atoms with Gasteiger partial charge in [-0.2, -0.15) is 0 Å². The fourth-order valence-corrected chi connectivity index (χ4v) is 3.36. The van der Waals surface area contributed by atoms with Crippen molar-refractivity contribution in [3.63, 3.8) is 0 Å². The van der Waals surface area contributed by atoms with Crippen LogP contribution < -0.4 is 0 Å². The predicted molar refractivity (Wildman–Crippen MR) is 114 cm³/mol. The van der Waals surface area contributed by atoms with Gasteiger partial charge in [0, 0.05) is 31.8 Å². The van der Waals surface area contributed by atoms with Crippen molar-refractivity contribution in [1.29, 1.82) is 0 Å². The maximum Gasteiger partial charge on any atom is 0.303 e. The summed E-state index contributed by atoms with van der Waals surface area (Å²) in [5.74, 6) is -0.00217. The number of allylic oxidation sites excluding steroid dienone is 6. The third-order valence-electron chi connectivity index (χ3n) is 5.18.